The van der Waals surface area contributed by atoms with Crippen LogP contribution in [-0.4, -0.2) is 16.5 Å². The highest BCUT2D eigenvalue weighted by Gasteiger charge is 2.17. The Kier molecular flexibility index (Phi) is 3.69. The highest BCUT2D eigenvalue weighted by molar-refractivity contribution is 6.36. The SMILES string of the molecule is Clc1ccc(-c2cnc(C3CCCN3)cn2)c(Cl)c1. The summed E-state index contributed by atoms with van der Waals surface area (Å²) < 4.78 is 0. The number of nitrogens with one attached hydrogen (secondary N) is 1. The minimum Gasteiger partial charge on any atom is -0.309 e. The molecule has 1 fully saturated rings. The van der Waals surface area contributed by atoms with Crippen molar-refractivity contribution in [2.45, 2.75) is 18.9 Å². The van der Waals surface area contributed by atoms with Crippen LogP contribution < -0.4 is 5.32 Å². The number of halogens is 2. The zero-order chi connectivity index (χ0) is 13.2. The highest BCUT2D eigenvalue weighted by Crippen LogP contribution is 2.29. The number of rotatable bonds is 2. The van der Waals surface area contributed by atoms with Gasteiger partial charge in [-0.05, 0) is 37.6 Å². The van der Waals surface area contributed by atoms with Gasteiger partial charge < -0.3 is 5.32 Å². The van der Waals surface area contributed by atoms with Crippen LogP contribution in [0.5, 0.6) is 0 Å². The van der Waals surface area contributed by atoms with Crippen molar-refractivity contribution in [3.63, 3.8) is 0 Å². The Hall–Kier alpha value is -1.16. The zero-order valence-corrected chi connectivity index (χ0v) is 11.7. The Balaban J connectivity index is 1.89. The lowest BCUT2D eigenvalue weighted by molar-refractivity contribution is 0.624. The highest BCUT2D eigenvalue weighted by atomic mass is 35.5. The molecule has 2 heterocycles. The van der Waals surface area contributed by atoms with E-state index in [1.165, 1.54) is 6.42 Å². The van der Waals surface area contributed by atoms with Gasteiger partial charge >= 0.3 is 0 Å². The summed E-state index contributed by atoms with van der Waals surface area (Å²) >= 11 is 12.1. The van der Waals surface area contributed by atoms with Gasteiger partial charge in [-0.2, -0.15) is 0 Å². The number of aromatic nitrogens is 2. The molecule has 98 valence electrons. The van der Waals surface area contributed by atoms with E-state index in [9.17, 15) is 0 Å². The fourth-order valence-corrected chi connectivity index (χ4v) is 2.80. The van der Waals surface area contributed by atoms with E-state index in [1.807, 2.05) is 12.3 Å². The fraction of sp³-hybridized carbons (Fsp3) is 0.286. The first-order valence-corrected chi connectivity index (χ1v) is 7.00. The van der Waals surface area contributed by atoms with Crippen molar-refractivity contribution < 1.29 is 0 Å². The molecule has 1 unspecified atom stereocenters. The van der Waals surface area contributed by atoms with E-state index >= 15 is 0 Å². The second kappa shape index (κ2) is 5.45. The number of benzene rings is 1. The molecule has 1 N–H and O–H groups in total. The molecule has 1 aromatic carbocycles. The van der Waals surface area contributed by atoms with Gasteiger partial charge in [-0.1, -0.05) is 23.2 Å². The lowest BCUT2D eigenvalue weighted by atomic mass is 10.1. The molecule has 19 heavy (non-hydrogen) atoms. The maximum atomic E-state index is 6.17. The second-order valence-electron chi connectivity index (χ2n) is 4.60. The molecule has 0 radical (unpaired) electrons. The molecule has 1 atom stereocenters. The van der Waals surface area contributed by atoms with Crippen molar-refractivity contribution in [3.8, 4) is 11.3 Å². The monoisotopic (exact) mass is 293 g/mol. The van der Waals surface area contributed by atoms with Crippen LogP contribution in [0, 0.1) is 0 Å². The van der Waals surface area contributed by atoms with E-state index in [1.54, 1.807) is 18.3 Å². The summed E-state index contributed by atoms with van der Waals surface area (Å²) in [6, 6.07) is 5.72. The van der Waals surface area contributed by atoms with Gasteiger partial charge in [0.25, 0.3) is 0 Å². The molecule has 3 nitrogen and oxygen atoms in total. The van der Waals surface area contributed by atoms with Crippen LogP contribution in [0.3, 0.4) is 0 Å². The van der Waals surface area contributed by atoms with E-state index in [4.69, 9.17) is 23.2 Å². The third-order valence-electron chi connectivity index (χ3n) is 3.30. The third kappa shape index (κ3) is 2.73. The summed E-state index contributed by atoms with van der Waals surface area (Å²) in [4.78, 5) is 8.94. The van der Waals surface area contributed by atoms with Gasteiger partial charge in [0.05, 0.1) is 34.8 Å². The van der Waals surface area contributed by atoms with Gasteiger partial charge in [0.15, 0.2) is 0 Å². The Morgan fingerprint density at radius 2 is 2.05 bits per heavy atom. The molecular formula is C14H13Cl2N3. The average molecular weight is 294 g/mol. The van der Waals surface area contributed by atoms with Gasteiger partial charge in [-0.25, -0.2) is 0 Å². The Morgan fingerprint density at radius 3 is 2.68 bits per heavy atom. The second-order valence-corrected chi connectivity index (χ2v) is 5.44. The Bertz CT molecular complexity index is 578. The van der Waals surface area contributed by atoms with Crippen LogP contribution >= 0.6 is 23.2 Å². The largest absolute Gasteiger partial charge is 0.309 e. The van der Waals surface area contributed by atoms with Gasteiger partial charge in [0.2, 0.25) is 0 Å². The average Bonchev–Trinajstić information content (AvgIpc) is 2.93. The minimum atomic E-state index is 0.335. The maximum Gasteiger partial charge on any atom is 0.0900 e. The first-order valence-electron chi connectivity index (χ1n) is 6.25. The molecule has 5 heteroatoms. The molecule has 1 aliphatic rings. The van der Waals surface area contributed by atoms with Gasteiger partial charge in [-0.3, -0.25) is 9.97 Å². The maximum absolute atomic E-state index is 6.17. The van der Waals surface area contributed by atoms with Gasteiger partial charge in [0, 0.05) is 10.6 Å². The van der Waals surface area contributed by atoms with E-state index in [0.717, 1.165) is 29.9 Å². The summed E-state index contributed by atoms with van der Waals surface area (Å²) in [6.45, 7) is 1.05. The van der Waals surface area contributed by atoms with E-state index < -0.39 is 0 Å². The summed E-state index contributed by atoms with van der Waals surface area (Å²) in [5, 5.41) is 4.62. The topological polar surface area (TPSA) is 37.8 Å². The van der Waals surface area contributed by atoms with Crippen molar-refractivity contribution in [1.82, 2.24) is 15.3 Å². The Morgan fingerprint density at radius 1 is 1.16 bits per heavy atom. The molecule has 1 saturated heterocycles. The zero-order valence-electron chi connectivity index (χ0n) is 10.2. The van der Waals surface area contributed by atoms with Crippen molar-refractivity contribution >= 4 is 23.2 Å². The number of hydrogen-bond donors (Lipinski definition) is 1. The first kappa shape index (κ1) is 12.9. The Labute approximate surface area is 122 Å². The number of hydrogen-bond acceptors (Lipinski definition) is 3. The fourth-order valence-electron chi connectivity index (χ4n) is 2.29. The summed E-state index contributed by atoms with van der Waals surface area (Å²) in [5.74, 6) is 0. The summed E-state index contributed by atoms with van der Waals surface area (Å²) in [5.41, 5.74) is 2.61. The quantitative estimate of drug-likeness (QED) is 0.913. The predicted molar refractivity (Wildman–Crippen MR) is 77.5 cm³/mol. The van der Waals surface area contributed by atoms with Gasteiger partial charge in [-0.15, -0.1) is 0 Å². The molecular weight excluding hydrogens is 281 g/mol. The van der Waals surface area contributed by atoms with Crippen LogP contribution in [0.1, 0.15) is 24.6 Å². The molecule has 0 spiro atoms. The summed E-state index contributed by atoms with van der Waals surface area (Å²) in [7, 11) is 0. The van der Waals surface area contributed by atoms with E-state index in [2.05, 4.69) is 15.3 Å². The van der Waals surface area contributed by atoms with E-state index in [0.29, 0.717) is 16.1 Å². The molecule has 0 amide bonds. The lowest BCUT2D eigenvalue weighted by Crippen LogP contribution is -2.14. The lowest BCUT2D eigenvalue weighted by Gasteiger charge is -2.10. The minimum absolute atomic E-state index is 0.335. The standard InChI is InChI=1S/C14H13Cl2N3/c15-9-3-4-10(11(16)6-9)13-7-19-14(8-18-13)12-2-1-5-17-12/h3-4,6-8,12,17H,1-2,5H2. The number of nitrogens with zero attached hydrogens (tertiary/aromatic N) is 2. The van der Waals surface area contributed by atoms with Crippen LogP contribution in [0.2, 0.25) is 10.0 Å². The first-order chi connectivity index (χ1) is 9.24. The molecule has 1 aliphatic heterocycles. The molecule has 0 saturated carbocycles. The normalized spacial score (nSPS) is 18.7. The summed E-state index contributed by atoms with van der Waals surface area (Å²) in [6.07, 6.45) is 5.90. The molecule has 1 aromatic heterocycles. The molecule has 3 rings (SSSR count). The van der Waals surface area contributed by atoms with Crippen LogP contribution in [0.15, 0.2) is 30.6 Å². The van der Waals surface area contributed by atoms with Gasteiger partial charge in [0.1, 0.15) is 0 Å². The smallest absolute Gasteiger partial charge is 0.0900 e. The van der Waals surface area contributed by atoms with Crippen LogP contribution in [0.25, 0.3) is 11.3 Å². The van der Waals surface area contributed by atoms with Crippen molar-refractivity contribution in [1.29, 1.82) is 0 Å². The van der Waals surface area contributed by atoms with Crippen LogP contribution in [-0.2, 0) is 0 Å². The molecule has 2 aromatic rings. The van der Waals surface area contributed by atoms with Crippen LogP contribution in [0.4, 0.5) is 0 Å². The molecule has 0 bridgehead atoms. The molecule has 0 aliphatic carbocycles. The van der Waals surface area contributed by atoms with Crippen molar-refractivity contribution in [2.24, 2.45) is 0 Å². The predicted octanol–water partition coefficient (Wildman–Crippen LogP) is 3.87. The third-order valence-corrected chi connectivity index (χ3v) is 3.84. The van der Waals surface area contributed by atoms with E-state index in [-0.39, 0.29) is 0 Å². The van der Waals surface area contributed by atoms with Crippen molar-refractivity contribution in [3.05, 3.63) is 46.3 Å². The van der Waals surface area contributed by atoms with Crippen molar-refractivity contribution in [2.75, 3.05) is 6.54 Å².